The van der Waals surface area contributed by atoms with Gasteiger partial charge in [0.25, 0.3) is 0 Å². The second-order valence-electron chi connectivity index (χ2n) is 10.5. The van der Waals surface area contributed by atoms with Gasteiger partial charge in [0.2, 0.25) is 0 Å². The van der Waals surface area contributed by atoms with Gasteiger partial charge in [-0.1, -0.05) is 138 Å². The molecule has 228 valence electrons. The maximum Gasteiger partial charge on any atom is 0.416 e. The Hall–Kier alpha value is -4.25. The highest BCUT2D eigenvalue weighted by Crippen LogP contribution is 2.34. The summed E-state index contributed by atoms with van der Waals surface area (Å²) in [6.45, 7) is 1.01. The van der Waals surface area contributed by atoms with Crippen LogP contribution in [0.25, 0.3) is 11.1 Å². The van der Waals surface area contributed by atoms with Gasteiger partial charge >= 0.3 is 6.18 Å². The van der Waals surface area contributed by atoms with Gasteiger partial charge in [0.1, 0.15) is 0 Å². The molecular formula is C39H32Cl2F3N. The number of anilines is 1. The summed E-state index contributed by atoms with van der Waals surface area (Å²) in [7, 11) is 0. The molecule has 1 nitrogen and oxygen atoms in total. The Morgan fingerprint density at radius 2 is 1.00 bits per heavy atom. The largest absolute Gasteiger partial charge is 0.416 e. The fraction of sp³-hybridized carbons (Fsp3) is 0.128. The fourth-order valence-corrected chi connectivity index (χ4v) is 5.81. The average Bonchev–Trinajstić information content (AvgIpc) is 3.06. The van der Waals surface area contributed by atoms with Crippen LogP contribution in [0.3, 0.4) is 0 Å². The van der Waals surface area contributed by atoms with E-state index in [1.54, 1.807) is 6.07 Å². The highest BCUT2D eigenvalue weighted by atomic mass is 35.5. The topological polar surface area (TPSA) is 3.24 Å². The summed E-state index contributed by atoms with van der Waals surface area (Å²) < 4.78 is 41.1. The summed E-state index contributed by atoms with van der Waals surface area (Å²) in [6.07, 6.45) is 0.978. The van der Waals surface area contributed by atoms with E-state index in [4.69, 9.17) is 23.2 Å². The van der Waals surface area contributed by atoms with E-state index in [9.17, 15) is 13.2 Å². The zero-order valence-corrected chi connectivity index (χ0v) is 26.0. The van der Waals surface area contributed by atoms with E-state index in [2.05, 4.69) is 12.2 Å². The Morgan fingerprint density at radius 3 is 1.44 bits per heavy atom. The van der Waals surface area contributed by atoms with E-state index in [-0.39, 0.29) is 0 Å². The minimum Gasteiger partial charge on any atom is -0.371 e. The van der Waals surface area contributed by atoms with Crippen LogP contribution >= 0.6 is 23.2 Å². The van der Waals surface area contributed by atoms with Crippen LogP contribution in [0.1, 0.15) is 40.7 Å². The molecule has 0 atom stereocenters. The first-order valence-electron chi connectivity index (χ1n) is 14.7. The molecule has 0 aromatic heterocycles. The van der Waals surface area contributed by atoms with Crippen molar-refractivity contribution in [2.75, 3.05) is 18.0 Å². The van der Waals surface area contributed by atoms with Crippen molar-refractivity contribution in [3.63, 3.8) is 0 Å². The molecule has 0 aliphatic carbocycles. The van der Waals surface area contributed by atoms with Gasteiger partial charge in [0, 0.05) is 39.9 Å². The highest BCUT2D eigenvalue weighted by Gasteiger charge is 2.30. The molecule has 5 rings (SSSR count). The van der Waals surface area contributed by atoms with Gasteiger partial charge in [-0.3, -0.25) is 0 Å². The lowest BCUT2D eigenvalue weighted by atomic mass is 9.96. The first-order chi connectivity index (χ1) is 21.8. The molecule has 0 radical (unpaired) electrons. The van der Waals surface area contributed by atoms with Crippen molar-refractivity contribution in [1.29, 1.82) is 0 Å². The standard InChI is InChI=1S/C39H32Cl2F3N/c40-37-24-9-7-20-35(37)33(29-14-3-1-4-15-29)22-12-26-45(32-19-11-18-31(28-32)39(42,43)44)27-13-23-34(30-16-5-2-6-17-30)36-21-8-10-25-38(36)41/h1-11,14-25,28H,12-13,26-27H2/b33-22+,34-23+. The smallest absolute Gasteiger partial charge is 0.371 e. The molecule has 0 N–H and O–H groups in total. The van der Waals surface area contributed by atoms with Gasteiger partial charge in [0.15, 0.2) is 0 Å². The van der Waals surface area contributed by atoms with Gasteiger partial charge in [0.05, 0.1) is 5.56 Å². The Morgan fingerprint density at radius 1 is 0.556 bits per heavy atom. The lowest BCUT2D eigenvalue weighted by molar-refractivity contribution is -0.137. The molecule has 0 saturated carbocycles. The van der Waals surface area contributed by atoms with Crippen molar-refractivity contribution >= 4 is 40.0 Å². The molecule has 0 heterocycles. The van der Waals surface area contributed by atoms with Crippen LogP contribution < -0.4 is 4.90 Å². The van der Waals surface area contributed by atoms with Gasteiger partial charge in [-0.25, -0.2) is 0 Å². The fourth-order valence-electron chi connectivity index (χ4n) is 5.34. The average molecular weight is 643 g/mol. The SMILES string of the molecule is FC(F)(F)c1cccc(N(CC/C=C(\c2ccccc2)c2ccccc2Cl)CC/C=C(\c2ccccc2)c2ccccc2Cl)c1. The van der Waals surface area contributed by atoms with Crippen molar-refractivity contribution in [2.24, 2.45) is 0 Å². The van der Waals surface area contributed by atoms with Crippen molar-refractivity contribution in [2.45, 2.75) is 19.0 Å². The summed E-state index contributed by atoms with van der Waals surface area (Å²) in [6, 6.07) is 40.9. The molecule has 0 aliphatic rings. The number of alkyl halides is 3. The Labute approximate surface area is 272 Å². The Bertz CT molecular complexity index is 1660. The number of hydrogen-bond donors (Lipinski definition) is 0. The van der Waals surface area contributed by atoms with E-state index >= 15 is 0 Å². The predicted octanol–water partition coefficient (Wildman–Crippen LogP) is 11.9. The third kappa shape index (κ3) is 8.48. The summed E-state index contributed by atoms with van der Waals surface area (Å²) >= 11 is 13.2. The Balaban J connectivity index is 1.46. The quantitative estimate of drug-likeness (QED) is 0.139. The first-order valence-corrected chi connectivity index (χ1v) is 15.5. The van der Waals surface area contributed by atoms with Crippen molar-refractivity contribution in [3.8, 4) is 0 Å². The van der Waals surface area contributed by atoms with Gasteiger partial charge in [-0.15, -0.1) is 0 Å². The minimum atomic E-state index is -4.43. The van der Waals surface area contributed by atoms with Crippen molar-refractivity contribution < 1.29 is 13.2 Å². The van der Waals surface area contributed by atoms with Crippen LogP contribution in [0.2, 0.25) is 10.0 Å². The van der Waals surface area contributed by atoms with Crippen LogP contribution in [0.5, 0.6) is 0 Å². The predicted molar refractivity (Wildman–Crippen MR) is 183 cm³/mol. The Kier molecular flexibility index (Phi) is 10.8. The van der Waals surface area contributed by atoms with Crippen LogP contribution in [-0.2, 0) is 6.18 Å². The molecule has 0 saturated heterocycles. The summed E-state index contributed by atoms with van der Waals surface area (Å²) in [4.78, 5) is 2.01. The molecule has 5 aromatic carbocycles. The van der Waals surface area contributed by atoms with E-state index in [0.29, 0.717) is 41.7 Å². The molecular weight excluding hydrogens is 610 g/mol. The maximum absolute atomic E-state index is 13.7. The van der Waals surface area contributed by atoms with E-state index in [0.717, 1.165) is 39.5 Å². The second-order valence-corrected chi connectivity index (χ2v) is 11.4. The lowest BCUT2D eigenvalue weighted by Crippen LogP contribution is -2.25. The third-order valence-corrected chi connectivity index (χ3v) is 8.19. The van der Waals surface area contributed by atoms with Crippen LogP contribution in [0, 0.1) is 0 Å². The second kappa shape index (κ2) is 15.2. The molecule has 0 spiro atoms. The summed E-state index contributed by atoms with van der Waals surface area (Å²) in [5.74, 6) is 0. The number of rotatable bonds is 11. The molecule has 0 bridgehead atoms. The number of benzene rings is 5. The van der Waals surface area contributed by atoms with E-state index < -0.39 is 11.7 Å². The maximum atomic E-state index is 13.7. The highest BCUT2D eigenvalue weighted by molar-refractivity contribution is 6.33. The van der Waals surface area contributed by atoms with Crippen molar-refractivity contribution in [3.05, 3.63) is 183 Å². The zero-order chi connectivity index (χ0) is 31.6. The van der Waals surface area contributed by atoms with Crippen LogP contribution in [0.4, 0.5) is 18.9 Å². The van der Waals surface area contributed by atoms with Gasteiger partial charge in [-0.05, 0) is 65.4 Å². The minimum absolute atomic E-state index is 0.503. The lowest BCUT2D eigenvalue weighted by Gasteiger charge is -2.25. The molecule has 0 fully saturated rings. The van der Waals surface area contributed by atoms with E-state index in [1.807, 2.05) is 114 Å². The van der Waals surface area contributed by atoms with Crippen LogP contribution in [-0.4, -0.2) is 13.1 Å². The first kappa shape index (κ1) is 32.2. The molecule has 0 aliphatic heterocycles. The molecule has 45 heavy (non-hydrogen) atoms. The number of halogens is 5. The third-order valence-electron chi connectivity index (χ3n) is 7.53. The zero-order valence-electron chi connectivity index (χ0n) is 24.5. The summed E-state index contributed by atoms with van der Waals surface area (Å²) in [5, 5.41) is 1.28. The molecule has 0 amide bonds. The van der Waals surface area contributed by atoms with Gasteiger partial charge < -0.3 is 4.90 Å². The summed E-state index contributed by atoms with van der Waals surface area (Å²) in [5.41, 5.74) is 5.67. The van der Waals surface area contributed by atoms with E-state index in [1.165, 1.54) is 12.1 Å². The van der Waals surface area contributed by atoms with Crippen molar-refractivity contribution in [1.82, 2.24) is 0 Å². The molecule has 5 aromatic rings. The molecule has 0 unspecified atom stereocenters. The number of hydrogen-bond acceptors (Lipinski definition) is 1. The monoisotopic (exact) mass is 641 g/mol. The number of nitrogens with zero attached hydrogens (tertiary/aromatic N) is 1. The van der Waals surface area contributed by atoms with Gasteiger partial charge in [-0.2, -0.15) is 13.2 Å². The van der Waals surface area contributed by atoms with Crippen LogP contribution in [0.15, 0.2) is 146 Å². The normalized spacial score (nSPS) is 12.3. The molecule has 6 heteroatoms.